The van der Waals surface area contributed by atoms with E-state index >= 15 is 0 Å². The molecule has 0 bridgehead atoms. The third-order valence-corrected chi connectivity index (χ3v) is 6.12. The summed E-state index contributed by atoms with van der Waals surface area (Å²) in [6, 6.07) is 6.01. The Balaban J connectivity index is 1.48. The van der Waals surface area contributed by atoms with Crippen molar-refractivity contribution in [1.82, 2.24) is 24.7 Å². The minimum atomic E-state index is -4.85. The third-order valence-electron chi connectivity index (χ3n) is 6.12. The van der Waals surface area contributed by atoms with Crippen LogP contribution in [0.25, 0.3) is 22.2 Å². The van der Waals surface area contributed by atoms with Crippen LogP contribution in [0, 0.1) is 6.92 Å². The van der Waals surface area contributed by atoms with Crippen LogP contribution < -0.4 is 16.4 Å². The van der Waals surface area contributed by atoms with Crippen LogP contribution in [0.2, 0.25) is 0 Å². The number of aromatic amines is 1. The number of benzene rings is 1. The Morgan fingerprint density at radius 2 is 1.69 bits per heavy atom. The van der Waals surface area contributed by atoms with Gasteiger partial charge in [-0.1, -0.05) is 6.07 Å². The first-order chi connectivity index (χ1) is 18.3. The minimum Gasteiger partial charge on any atom is -0.381 e. The van der Waals surface area contributed by atoms with E-state index in [9.17, 15) is 35.9 Å². The lowest BCUT2D eigenvalue weighted by atomic mass is 10.1. The van der Waals surface area contributed by atoms with Crippen LogP contribution in [0.5, 0.6) is 0 Å². The van der Waals surface area contributed by atoms with Gasteiger partial charge in [-0.15, -0.1) is 0 Å². The maximum atomic E-state index is 13.3. The summed E-state index contributed by atoms with van der Waals surface area (Å²) < 4.78 is 79.7. The van der Waals surface area contributed by atoms with Gasteiger partial charge in [-0.3, -0.25) is 9.59 Å². The summed E-state index contributed by atoms with van der Waals surface area (Å²) in [6.07, 6.45) is -6.28. The molecule has 14 heteroatoms. The quantitative estimate of drug-likeness (QED) is 0.307. The van der Waals surface area contributed by atoms with Crippen molar-refractivity contribution in [2.75, 3.05) is 5.32 Å². The summed E-state index contributed by atoms with van der Waals surface area (Å²) in [6.45, 7) is 3.67. The zero-order chi connectivity index (χ0) is 28.5. The van der Waals surface area contributed by atoms with Crippen LogP contribution >= 0.6 is 0 Å². The molecule has 0 radical (unpaired) electrons. The van der Waals surface area contributed by atoms with E-state index in [0.717, 1.165) is 6.20 Å². The first-order valence-electron chi connectivity index (χ1n) is 11.7. The van der Waals surface area contributed by atoms with Crippen molar-refractivity contribution in [2.45, 2.75) is 51.6 Å². The van der Waals surface area contributed by atoms with Gasteiger partial charge in [0.15, 0.2) is 5.82 Å². The highest BCUT2D eigenvalue weighted by atomic mass is 19.4. The lowest BCUT2D eigenvalue weighted by Gasteiger charge is -2.19. The van der Waals surface area contributed by atoms with Gasteiger partial charge in [0.2, 0.25) is 0 Å². The zero-order valence-corrected chi connectivity index (χ0v) is 20.6. The molecule has 0 aliphatic rings. The fourth-order valence-corrected chi connectivity index (χ4v) is 4.21. The molecule has 0 fully saturated rings. The van der Waals surface area contributed by atoms with Crippen molar-refractivity contribution < 1.29 is 26.3 Å². The maximum absolute atomic E-state index is 13.3. The van der Waals surface area contributed by atoms with Gasteiger partial charge >= 0.3 is 12.4 Å². The predicted octanol–water partition coefficient (Wildman–Crippen LogP) is 5.17. The first kappa shape index (κ1) is 27.8. The molecule has 0 saturated heterocycles. The van der Waals surface area contributed by atoms with Crippen molar-refractivity contribution >= 4 is 16.5 Å². The Morgan fingerprint density at radius 1 is 1.00 bits per heavy atom. The lowest BCUT2D eigenvalue weighted by molar-refractivity contribution is -0.139. The summed E-state index contributed by atoms with van der Waals surface area (Å²) in [4.78, 5) is 32.3. The molecule has 0 saturated carbocycles. The fourth-order valence-electron chi connectivity index (χ4n) is 4.21. The Kier molecular flexibility index (Phi) is 7.48. The van der Waals surface area contributed by atoms with E-state index in [1.807, 2.05) is 0 Å². The van der Waals surface area contributed by atoms with Crippen LogP contribution in [-0.4, -0.2) is 30.8 Å². The van der Waals surface area contributed by atoms with Gasteiger partial charge in [0.1, 0.15) is 5.56 Å². The minimum absolute atomic E-state index is 0.0810. The van der Waals surface area contributed by atoms with Gasteiger partial charge in [0.25, 0.3) is 11.1 Å². The van der Waals surface area contributed by atoms with E-state index in [0.29, 0.717) is 47.3 Å². The summed E-state index contributed by atoms with van der Waals surface area (Å²) in [5, 5.41) is 8.83. The van der Waals surface area contributed by atoms with Crippen molar-refractivity contribution in [3.05, 3.63) is 80.4 Å². The molecule has 39 heavy (non-hydrogen) atoms. The Hall–Kier alpha value is -4.23. The van der Waals surface area contributed by atoms with Gasteiger partial charge < -0.3 is 9.88 Å². The highest BCUT2D eigenvalue weighted by Gasteiger charge is 2.37. The fraction of sp³-hybridized carbons (Fsp3) is 0.320. The van der Waals surface area contributed by atoms with Gasteiger partial charge in [-0.25, -0.2) is 15.1 Å². The van der Waals surface area contributed by atoms with Gasteiger partial charge in [-0.2, -0.15) is 31.4 Å². The van der Waals surface area contributed by atoms with E-state index < -0.39 is 40.8 Å². The second-order valence-electron chi connectivity index (χ2n) is 9.01. The number of anilines is 1. The van der Waals surface area contributed by atoms with Crippen LogP contribution in [0.3, 0.4) is 0 Å². The molecule has 3 heterocycles. The molecule has 4 aromatic rings. The summed E-state index contributed by atoms with van der Waals surface area (Å²) in [5.74, 6) is 0.0810. The predicted molar refractivity (Wildman–Crippen MR) is 131 cm³/mol. The SMILES string of the molecule is Cc1cc2cc(-c3ncc(C(F)(F)F)cn3)ccc2c(=O)n1CCCC(C)Nc1cn[nH]c(=O)c1C(F)(F)F. The molecule has 1 aromatic carbocycles. The Bertz CT molecular complexity index is 1610. The summed E-state index contributed by atoms with van der Waals surface area (Å²) >= 11 is 0. The summed E-state index contributed by atoms with van der Waals surface area (Å²) in [5.41, 5.74) is -3.31. The molecule has 2 N–H and O–H groups in total. The van der Waals surface area contributed by atoms with Crippen molar-refractivity contribution in [3.63, 3.8) is 0 Å². The monoisotopic (exact) mass is 552 g/mol. The molecule has 0 aliphatic heterocycles. The van der Waals surface area contributed by atoms with Crippen molar-refractivity contribution in [3.8, 4) is 11.4 Å². The highest BCUT2D eigenvalue weighted by Crippen LogP contribution is 2.32. The lowest BCUT2D eigenvalue weighted by Crippen LogP contribution is -2.27. The first-order valence-corrected chi connectivity index (χ1v) is 11.7. The van der Waals surface area contributed by atoms with E-state index in [4.69, 9.17) is 0 Å². The van der Waals surface area contributed by atoms with Crippen LogP contribution in [0.4, 0.5) is 32.0 Å². The van der Waals surface area contributed by atoms with E-state index in [1.165, 1.54) is 0 Å². The van der Waals surface area contributed by atoms with E-state index in [2.05, 4.69) is 20.4 Å². The molecule has 206 valence electrons. The largest absolute Gasteiger partial charge is 0.423 e. The number of rotatable bonds is 7. The molecule has 3 aromatic heterocycles. The number of nitrogens with one attached hydrogen (secondary N) is 2. The number of halogens is 6. The Labute approximate surface area is 216 Å². The second kappa shape index (κ2) is 10.5. The number of hydrogen-bond donors (Lipinski definition) is 2. The Morgan fingerprint density at radius 3 is 2.33 bits per heavy atom. The van der Waals surface area contributed by atoms with E-state index in [1.54, 1.807) is 47.8 Å². The molecule has 8 nitrogen and oxygen atoms in total. The van der Waals surface area contributed by atoms with Crippen molar-refractivity contribution in [2.24, 2.45) is 0 Å². The second-order valence-corrected chi connectivity index (χ2v) is 9.01. The van der Waals surface area contributed by atoms with Crippen LogP contribution in [0.15, 0.2) is 52.4 Å². The summed E-state index contributed by atoms with van der Waals surface area (Å²) in [7, 11) is 0. The zero-order valence-electron chi connectivity index (χ0n) is 20.6. The van der Waals surface area contributed by atoms with Crippen molar-refractivity contribution in [1.29, 1.82) is 0 Å². The number of hydrogen-bond acceptors (Lipinski definition) is 6. The number of aryl methyl sites for hydroxylation is 1. The molecule has 1 atom stereocenters. The number of alkyl halides is 6. The molecule has 1 unspecified atom stereocenters. The number of pyridine rings is 1. The molecular formula is C25H22F6N6O2. The van der Waals surface area contributed by atoms with Crippen LogP contribution in [0.1, 0.15) is 36.6 Å². The van der Waals surface area contributed by atoms with E-state index in [-0.39, 0.29) is 17.9 Å². The van der Waals surface area contributed by atoms with Gasteiger partial charge in [0, 0.05) is 41.6 Å². The molecular weight excluding hydrogens is 530 g/mol. The standard InChI is InChI=1S/C25H22F6N6O2/c1-13(35-19-12-34-36-22(38)20(19)25(29,30)31)4-3-7-37-14(2)8-16-9-15(5-6-18(16)23(37)39)21-32-10-17(11-33-21)24(26,27)28/h5-6,8-13H,3-4,7H2,1-2H3,(H2,35,36,38). The average molecular weight is 552 g/mol. The number of H-pyrrole nitrogens is 1. The normalized spacial score (nSPS) is 13.0. The smallest absolute Gasteiger partial charge is 0.381 e. The average Bonchev–Trinajstić information content (AvgIpc) is 2.84. The van der Waals surface area contributed by atoms with Crippen LogP contribution in [-0.2, 0) is 18.9 Å². The molecule has 4 rings (SSSR count). The van der Waals surface area contributed by atoms with Gasteiger partial charge in [0.05, 0.1) is 17.4 Å². The molecule has 0 aliphatic carbocycles. The molecule has 0 spiro atoms. The number of aromatic nitrogens is 5. The topological polar surface area (TPSA) is 106 Å². The molecule has 0 amide bonds. The highest BCUT2D eigenvalue weighted by molar-refractivity contribution is 5.86. The van der Waals surface area contributed by atoms with Gasteiger partial charge in [-0.05, 0) is 50.3 Å². The third kappa shape index (κ3) is 6.10. The number of nitrogens with zero attached hydrogens (tertiary/aromatic N) is 4. The maximum Gasteiger partial charge on any atom is 0.423 e. The number of fused-ring (bicyclic) bond motifs is 1.